The van der Waals surface area contributed by atoms with Crippen molar-refractivity contribution in [2.45, 2.75) is 79.8 Å². The van der Waals surface area contributed by atoms with Crippen molar-refractivity contribution in [1.29, 1.82) is 0 Å². The van der Waals surface area contributed by atoms with E-state index in [1.807, 2.05) is 32.2 Å². The minimum Gasteiger partial charge on any atom is -0.490 e. The zero-order valence-corrected chi connectivity index (χ0v) is 26.6. The Morgan fingerprint density at radius 2 is 1.42 bits per heavy atom. The number of Topliss-reactive ketones (excluding diaryl/α,β-unsaturated/α-hetero) is 2. The van der Waals surface area contributed by atoms with Crippen molar-refractivity contribution >= 4 is 22.3 Å². The first kappa shape index (κ1) is 29.2. The van der Waals surface area contributed by atoms with Crippen LogP contribution >= 0.6 is 0 Å². The van der Waals surface area contributed by atoms with Crippen LogP contribution in [0.15, 0.2) is 77.1 Å². The SMILES string of the molecule is CCOc1cc(C2C3=C(CC(C)(C)CC3=O)N(C)C3=C2C(=O)CC(C)(C)C3)ccc1OCc1c(C)ccc2ccccc12. The summed E-state index contributed by atoms with van der Waals surface area (Å²) in [4.78, 5) is 29.9. The van der Waals surface area contributed by atoms with Crippen molar-refractivity contribution < 1.29 is 19.1 Å². The number of aryl methyl sites for hydroxylation is 1. The van der Waals surface area contributed by atoms with Gasteiger partial charge in [0.2, 0.25) is 0 Å². The van der Waals surface area contributed by atoms with Crippen molar-refractivity contribution in [3.05, 3.63) is 93.8 Å². The standard InChI is InChI=1S/C38H43NO4/c1-8-42-33-17-25(15-16-32(33)43-22-27-23(2)13-14-24-11-9-10-12-26(24)27)34-35-28(18-37(3,4)20-30(35)40)39(7)29-19-38(5,6)21-31(41)36(29)34/h9-17,34H,8,18-22H2,1-7H3. The molecule has 0 aromatic heterocycles. The Bertz CT molecular complexity index is 1650. The van der Waals surface area contributed by atoms with E-state index in [2.05, 4.69) is 75.9 Å². The number of carbonyl (C=O) groups is 2. The van der Waals surface area contributed by atoms with Crippen LogP contribution in [-0.4, -0.2) is 30.1 Å². The van der Waals surface area contributed by atoms with Gasteiger partial charge in [-0.25, -0.2) is 0 Å². The van der Waals surface area contributed by atoms with E-state index >= 15 is 0 Å². The summed E-state index contributed by atoms with van der Waals surface area (Å²) in [5, 5.41) is 2.36. The Hall–Kier alpha value is -3.86. The summed E-state index contributed by atoms with van der Waals surface area (Å²) < 4.78 is 12.6. The Balaban J connectivity index is 1.43. The topological polar surface area (TPSA) is 55.8 Å². The second-order valence-corrected chi connectivity index (χ2v) is 14.1. The van der Waals surface area contributed by atoms with Crippen LogP contribution in [0.3, 0.4) is 0 Å². The predicted molar refractivity (Wildman–Crippen MR) is 171 cm³/mol. The van der Waals surface area contributed by atoms with E-state index in [9.17, 15) is 9.59 Å². The Kier molecular flexibility index (Phi) is 7.27. The summed E-state index contributed by atoms with van der Waals surface area (Å²) >= 11 is 0. The number of nitrogens with zero attached hydrogens (tertiary/aromatic N) is 1. The van der Waals surface area contributed by atoms with Crippen molar-refractivity contribution in [3.63, 3.8) is 0 Å². The average Bonchev–Trinajstić information content (AvgIpc) is 2.93. The lowest BCUT2D eigenvalue weighted by atomic mass is 9.64. The number of hydrogen-bond acceptors (Lipinski definition) is 5. The highest BCUT2D eigenvalue weighted by molar-refractivity contribution is 6.06. The van der Waals surface area contributed by atoms with Crippen LogP contribution in [-0.2, 0) is 16.2 Å². The number of allylic oxidation sites excluding steroid dienone is 4. The molecule has 3 aromatic carbocycles. The number of ketones is 2. The van der Waals surface area contributed by atoms with Crippen LogP contribution in [0.5, 0.6) is 11.5 Å². The highest BCUT2D eigenvalue weighted by Crippen LogP contribution is 2.54. The maximum absolute atomic E-state index is 13.9. The summed E-state index contributed by atoms with van der Waals surface area (Å²) in [6, 6.07) is 18.6. The van der Waals surface area contributed by atoms with E-state index in [1.54, 1.807) is 0 Å². The van der Waals surface area contributed by atoms with Gasteiger partial charge in [0.05, 0.1) is 6.61 Å². The third-order valence-corrected chi connectivity index (χ3v) is 9.43. The molecule has 3 aliphatic rings. The van der Waals surface area contributed by atoms with Crippen LogP contribution in [0, 0.1) is 17.8 Å². The highest BCUT2D eigenvalue weighted by Gasteiger charge is 2.48. The predicted octanol–water partition coefficient (Wildman–Crippen LogP) is 8.44. The zero-order chi connectivity index (χ0) is 30.7. The van der Waals surface area contributed by atoms with Gasteiger partial charge in [-0.15, -0.1) is 0 Å². The van der Waals surface area contributed by atoms with Crippen molar-refractivity contribution in [3.8, 4) is 11.5 Å². The first-order valence-corrected chi connectivity index (χ1v) is 15.5. The van der Waals surface area contributed by atoms with Gasteiger partial charge in [0.15, 0.2) is 23.1 Å². The molecule has 43 heavy (non-hydrogen) atoms. The molecule has 0 radical (unpaired) electrons. The molecule has 0 N–H and O–H groups in total. The molecule has 0 saturated heterocycles. The normalized spacial score (nSPS) is 19.9. The number of rotatable bonds is 6. The Morgan fingerprint density at radius 1 is 0.791 bits per heavy atom. The molecular weight excluding hydrogens is 534 g/mol. The maximum atomic E-state index is 13.9. The van der Waals surface area contributed by atoms with Crippen LogP contribution in [0.2, 0.25) is 0 Å². The molecule has 5 heteroatoms. The van der Waals surface area contributed by atoms with E-state index in [4.69, 9.17) is 9.47 Å². The van der Waals surface area contributed by atoms with Gasteiger partial charge in [-0.1, -0.05) is 70.2 Å². The molecular formula is C38H43NO4. The van der Waals surface area contributed by atoms with E-state index in [0.717, 1.165) is 46.5 Å². The van der Waals surface area contributed by atoms with E-state index < -0.39 is 5.92 Å². The van der Waals surface area contributed by atoms with Gasteiger partial charge in [0, 0.05) is 53.9 Å². The Morgan fingerprint density at radius 3 is 2.05 bits per heavy atom. The van der Waals surface area contributed by atoms with Gasteiger partial charge in [0.1, 0.15) is 6.61 Å². The van der Waals surface area contributed by atoms with Gasteiger partial charge >= 0.3 is 0 Å². The minimum atomic E-state index is -0.401. The largest absolute Gasteiger partial charge is 0.490 e. The van der Waals surface area contributed by atoms with E-state index in [-0.39, 0.29) is 22.4 Å². The number of hydrogen-bond donors (Lipinski definition) is 0. The fourth-order valence-corrected chi connectivity index (χ4v) is 7.38. The van der Waals surface area contributed by atoms with Gasteiger partial charge in [-0.2, -0.15) is 0 Å². The molecule has 2 aliphatic carbocycles. The second kappa shape index (κ2) is 10.7. The summed E-state index contributed by atoms with van der Waals surface area (Å²) in [5.74, 6) is 1.16. The summed E-state index contributed by atoms with van der Waals surface area (Å²) in [6.07, 6.45) is 2.55. The lowest BCUT2D eigenvalue weighted by Gasteiger charge is -2.47. The first-order valence-electron chi connectivity index (χ1n) is 15.5. The fourth-order valence-electron chi connectivity index (χ4n) is 7.38. The number of fused-ring (bicyclic) bond motifs is 1. The van der Waals surface area contributed by atoms with Gasteiger partial charge in [0.25, 0.3) is 0 Å². The van der Waals surface area contributed by atoms with Crippen LogP contribution in [0.25, 0.3) is 10.8 Å². The van der Waals surface area contributed by atoms with Crippen molar-refractivity contribution in [2.24, 2.45) is 10.8 Å². The van der Waals surface area contributed by atoms with Gasteiger partial charge in [-0.05, 0) is 71.6 Å². The molecule has 3 aromatic rings. The van der Waals surface area contributed by atoms with Crippen LogP contribution in [0.1, 0.15) is 82.9 Å². The zero-order valence-electron chi connectivity index (χ0n) is 26.6. The third kappa shape index (κ3) is 5.28. The monoisotopic (exact) mass is 577 g/mol. The first-order chi connectivity index (χ1) is 20.4. The maximum Gasteiger partial charge on any atom is 0.162 e. The number of benzene rings is 3. The van der Waals surface area contributed by atoms with E-state index in [1.165, 1.54) is 16.3 Å². The molecule has 0 spiro atoms. The second-order valence-electron chi connectivity index (χ2n) is 14.1. The minimum absolute atomic E-state index is 0.130. The van der Waals surface area contributed by atoms with Gasteiger partial charge < -0.3 is 14.4 Å². The summed E-state index contributed by atoms with van der Waals surface area (Å²) in [7, 11) is 2.04. The molecule has 5 nitrogen and oxygen atoms in total. The van der Waals surface area contributed by atoms with Gasteiger partial charge in [-0.3, -0.25) is 9.59 Å². The summed E-state index contributed by atoms with van der Waals surface area (Å²) in [5.41, 5.74) is 6.63. The lowest BCUT2D eigenvalue weighted by molar-refractivity contribution is -0.119. The third-order valence-electron chi connectivity index (χ3n) is 9.43. The number of ether oxygens (including phenoxy) is 2. The molecule has 0 atom stereocenters. The lowest BCUT2D eigenvalue weighted by Crippen LogP contribution is -2.43. The molecule has 0 fully saturated rings. The van der Waals surface area contributed by atoms with Crippen LogP contribution in [0.4, 0.5) is 0 Å². The molecule has 224 valence electrons. The molecule has 1 aliphatic heterocycles. The quantitative estimate of drug-likeness (QED) is 0.294. The Labute approximate surface area is 255 Å². The molecule has 0 saturated carbocycles. The molecule has 1 heterocycles. The molecule has 0 unspecified atom stereocenters. The number of carbonyl (C=O) groups excluding carboxylic acids is 2. The van der Waals surface area contributed by atoms with Crippen molar-refractivity contribution in [2.75, 3.05) is 13.7 Å². The van der Waals surface area contributed by atoms with Crippen molar-refractivity contribution in [1.82, 2.24) is 4.90 Å². The molecule has 0 amide bonds. The molecule has 0 bridgehead atoms. The highest BCUT2D eigenvalue weighted by atomic mass is 16.5. The molecule has 6 rings (SSSR count). The summed E-state index contributed by atoms with van der Waals surface area (Å²) in [6.45, 7) is 13.6. The average molecular weight is 578 g/mol. The van der Waals surface area contributed by atoms with E-state index in [0.29, 0.717) is 37.6 Å². The smallest absolute Gasteiger partial charge is 0.162 e. The fraction of sp³-hybridized carbons (Fsp3) is 0.421. The van der Waals surface area contributed by atoms with Crippen LogP contribution < -0.4 is 9.47 Å².